The molecule has 5 atom stereocenters. The number of fused-ring (bicyclic) bond motifs is 3. The lowest BCUT2D eigenvalue weighted by atomic mass is 9.78. The average molecular weight is 756 g/mol. The van der Waals surface area contributed by atoms with E-state index in [4.69, 9.17) is 37.1 Å². The first-order valence-electron chi connectivity index (χ1n) is 17.5. The van der Waals surface area contributed by atoms with Gasteiger partial charge in [-0.25, -0.2) is 9.59 Å². The highest BCUT2D eigenvalue weighted by molar-refractivity contribution is 6.38. The van der Waals surface area contributed by atoms with Gasteiger partial charge in [0.25, 0.3) is 0 Å². The van der Waals surface area contributed by atoms with Crippen LogP contribution < -0.4 is 16.0 Å². The van der Waals surface area contributed by atoms with E-state index in [1.165, 1.54) is 0 Å². The Morgan fingerprint density at radius 3 is 2.40 bits per heavy atom. The van der Waals surface area contributed by atoms with Crippen molar-refractivity contribution in [3.8, 4) is 0 Å². The standard InChI is InChI=1S/C37H44Cl2N6O7/c1-6-20(4)28(42-36(49)51-19-22-12-10-9-11-13-22)31(46)43-37(15-14-27-25(18-37)24-16-23(38)17-26(39)30(24)40-27)35(48)41-29(21(5)7-2)32-44-45-33(52-32)34(47)50-8-3/h9-13,16-17,20-21,28-29,40H,6-8,14-15,18-19H2,1-5H3,(H,41,48)(H,42,49)(H,43,46)/t20?,21-,28?,29?,37-/m0/s1. The molecule has 2 aromatic carbocycles. The van der Waals surface area contributed by atoms with Crippen LogP contribution in [-0.2, 0) is 38.5 Å². The van der Waals surface area contributed by atoms with Gasteiger partial charge in [0.15, 0.2) is 0 Å². The third-order valence-electron chi connectivity index (χ3n) is 9.74. The molecule has 1 aliphatic rings. The van der Waals surface area contributed by atoms with Gasteiger partial charge in [0.1, 0.15) is 24.2 Å². The Bertz CT molecular complexity index is 1910. The number of aromatic nitrogens is 3. The molecule has 0 spiro atoms. The molecule has 0 fully saturated rings. The van der Waals surface area contributed by atoms with Crippen molar-refractivity contribution >= 4 is 58.0 Å². The van der Waals surface area contributed by atoms with Gasteiger partial charge in [0.2, 0.25) is 17.7 Å². The van der Waals surface area contributed by atoms with Gasteiger partial charge in [-0.05, 0) is 54.9 Å². The fourth-order valence-electron chi connectivity index (χ4n) is 6.33. The van der Waals surface area contributed by atoms with Crippen molar-refractivity contribution in [1.29, 1.82) is 0 Å². The van der Waals surface area contributed by atoms with Crippen molar-refractivity contribution < 1.29 is 33.1 Å². The molecule has 1 aliphatic carbocycles. The molecule has 2 heterocycles. The lowest BCUT2D eigenvalue weighted by molar-refractivity contribution is -0.136. The quantitative estimate of drug-likeness (QED) is 0.103. The molecule has 0 saturated heterocycles. The fraction of sp³-hybridized carbons (Fsp3) is 0.459. The molecule has 278 valence electrons. The van der Waals surface area contributed by atoms with Gasteiger partial charge in [-0.15, -0.1) is 10.2 Å². The van der Waals surface area contributed by atoms with E-state index in [9.17, 15) is 19.2 Å². The number of ether oxygens (including phenoxy) is 2. The zero-order chi connectivity index (χ0) is 37.6. The number of nitrogens with zero attached hydrogens (tertiary/aromatic N) is 2. The summed E-state index contributed by atoms with van der Waals surface area (Å²) in [7, 11) is 0. The molecule has 4 N–H and O–H groups in total. The molecule has 0 aliphatic heterocycles. The second kappa shape index (κ2) is 16.8. The molecular weight excluding hydrogens is 711 g/mol. The molecule has 0 radical (unpaired) electrons. The molecule has 3 amide bonds. The Labute approximate surface area is 311 Å². The van der Waals surface area contributed by atoms with E-state index in [2.05, 4.69) is 31.1 Å². The van der Waals surface area contributed by atoms with Gasteiger partial charge < -0.3 is 34.8 Å². The van der Waals surface area contributed by atoms with Crippen LogP contribution >= 0.6 is 23.2 Å². The predicted molar refractivity (Wildman–Crippen MR) is 195 cm³/mol. The van der Waals surface area contributed by atoms with Crippen LogP contribution in [0.4, 0.5) is 4.79 Å². The first kappa shape index (κ1) is 38.6. The summed E-state index contributed by atoms with van der Waals surface area (Å²) in [5.41, 5.74) is 1.60. The molecule has 0 bridgehead atoms. The normalized spacial score (nSPS) is 17.7. The summed E-state index contributed by atoms with van der Waals surface area (Å²) >= 11 is 13.0. The van der Waals surface area contributed by atoms with Crippen LogP contribution in [0.2, 0.25) is 10.0 Å². The molecule has 13 nitrogen and oxygen atoms in total. The predicted octanol–water partition coefficient (Wildman–Crippen LogP) is 6.62. The van der Waals surface area contributed by atoms with E-state index >= 15 is 0 Å². The third-order valence-corrected chi connectivity index (χ3v) is 10.3. The summed E-state index contributed by atoms with van der Waals surface area (Å²) in [5.74, 6) is -2.68. The summed E-state index contributed by atoms with van der Waals surface area (Å²) in [5, 5.41) is 18.4. The highest BCUT2D eigenvalue weighted by Gasteiger charge is 2.47. The highest BCUT2D eigenvalue weighted by Crippen LogP contribution is 2.39. The number of hydrogen-bond acceptors (Lipinski definition) is 9. The smallest absolute Gasteiger partial charge is 0.408 e. The number of rotatable bonds is 14. The summed E-state index contributed by atoms with van der Waals surface area (Å²) in [6.45, 7) is 9.38. The van der Waals surface area contributed by atoms with E-state index in [-0.39, 0.29) is 49.7 Å². The third kappa shape index (κ3) is 8.53. The summed E-state index contributed by atoms with van der Waals surface area (Å²) in [6.07, 6.45) is 1.06. The van der Waals surface area contributed by atoms with E-state index < -0.39 is 41.5 Å². The minimum atomic E-state index is -1.51. The molecular formula is C37H44Cl2N6O7. The Kier molecular flexibility index (Phi) is 12.5. The largest absolute Gasteiger partial charge is 0.459 e. The highest BCUT2D eigenvalue weighted by atomic mass is 35.5. The fourth-order valence-corrected chi connectivity index (χ4v) is 6.87. The van der Waals surface area contributed by atoms with Crippen molar-refractivity contribution in [2.24, 2.45) is 11.8 Å². The first-order chi connectivity index (χ1) is 24.9. The van der Waals surface area contributed by atoms with Crippen LogP contribution in [0, 0.1) is 11.8 Å². The van der Waals surface area contributed by atoms with E-state index in [0.29, 0.717) is 34.8 Å². The number of benzene rings is 2. The topological polar surface area (TPSA) is 178 Å². The number of alkyl carbamates (subject to hydrolysis) is 1. The molecule has 4 aromatic rings. The summed E-state index contributed by atoms with van der Waals surface area (Å²) < 4.78 is 16.2. The Morgan fingerprint density at radius 1 is 0.981 bits per heavy atom. The maximum absolute atomic E-state index is 14.8. The molecule has 5 rings (SSSR count). The Morgan fingerprint density at radius 2 is 1.71 bits per heavy atom. The number of hydrogen-bond donors (Lipinski definition) is 4. The number of amides is 3. The van der Waals surface area contributed by atoms with Gasteiger partial charge in [-0.2, -0.15) is 0 Å². The van der Waals surface area contributed by atoms with E-state index in [1.807, 2.05) is 58.0 Å². The average Bonchev–Trinajstić information content (AvgIpc) is 3.77. The number of nitrogens with one attached hydrogen (secondary N) is 4. The van der Waals surface area contributed by atoms with Crippen LogP contribution in [0.25, 0.3) is 10.9 Å². The number of esters is 1. The minimum Gasteiger partial charge on any atom is -0.459 e. The van der Waals surface area contributed by atoms with Gasteiger partial charge in [-0.3, -0.25) is 9.59 Å². The van der Waals surface area contributed by atoms with Gasteiger partial charge in [-0.1, -0.05) is 94.1 Å². The van der Waals surface area contributed by atoms with Crippen LogP contribution in [-0.4, -0.2) is 57.2 Å². The number of carbonyl (C=O) groups is 4. The second-order valence-electron chi connectivity index (χ2n) is 13.2. The van der Waals surface area contributed by atoms with Gasteiger partial charge >= 0.3 is 18.0 Å². The van der Waals surface area contributed by atoms with Crippen LogP contribution in [0.5, 0.6) is 0 Å². The number of carbonyl (C=O) groups excluding carboxylic acids is 4. The zero-order valence-electron chi connectivity index (χ0n) is 29.8. The van der Waals surface area contributed by atoms with Gasteiger partial charge in [0, 0.05) is 22.5 Å². The SMILES string of the molecule is CCOC(=O)c1nnc(C(NC(=O)[C@]2(NC(=O)C(NC(=O)OCc3ccccc3)C(C)CC)CCc3[nH]c4c(Cl)cc(Cl)cc4c3C2)[C@@H](C)CC)o1. The second-order valence-corrected chi connectivity index (χ2v) is 14.1. The van der Waals surface area contributed by atoms with Crippen molar-refractivity contribution in [1.82, 2.24) is 31.1 Å². The van der Waals surface area contributed by atoms with Crippen LogP contribution in [0.3, 0.4) is 0 Å². The Hall–Kier alpha value is -4.62. The lowest BCUT2D eigenvalue weighted by Crippen LogP contribution is -2.65. The number of aromatic amines is 1. The van der Waals surface area contributed by atoms with Crippen molar-refractivity contribution in [2.45, 2.75) is 91.0 Å². The van der Waals surface area contributed by atoms with E-state index in [1.54, 1.807) is 19.1 Å². The number of aryl methyl sites for hydroxylation is 1. The molecule has 0 saturated carbocycles. The molecule has 3 unspecified atom stereocenters. The summed E-state index contributed by atoms with van der Waals surface area (Å²) in [4.78, 5) is 57.8. The van der Waals surface area contributed by atoms with Crippen molar-refractivity contribution in [3.05, 3.63) is 81.1 Å². The monoisotopic (exact) mass is 754 g/mol. The van der Waals surface area contributed by atoms with Crippen molar-refractivity contribution in [3.63, 3.8) is 0 Å². The van der Waals surface area contributed by atoms with E-state index in [0.717, 1.165) is 22.2 Å². The zero-order valence-corrected chi connectivity index (χ0v) is 31.3. The summed E-state index contributed by atoms with van der Waals surface area (Å²) in [6, 6.07) is 10.8. The first-order valence-corrected chi connectivity index (χ1v) is 18.2. The van der Waals surface area contributed by atoms with Crippen LogP contribution in [0.15, 0.2) is 46.9 Å². The van der Waals surface area contributed by atoms with Gasteiger partial charge in [0.05, 0.1) is 17.1 Å². The van der Waals surface area contributed by atoms with Crippen LogP contribution in [0.1, 0.15) is 93.3 Å². The Balaban J connectivity index is 1.48. The lowest BCUT2D eigenvalue weighted by Gasteiger charge is -2.39. The molecule has 15 heteroatoms. The number of halogens is 2. The maximum Gasteiger partial charge on any atom is 0.408 e. The number of H-pyrrole nitrogens is 1. The molecule has 2 aromatic heterocycles. The maximum atomic E-state index is 14.8. The minimum absolute atomic E-state index is 0.0207. The van der Waals surface area contributed by atoms with Crippen molar-refractivity contribution in [2.75, 3.05) is 6.61 Å². The molecule has 52 heavy (non-hydrogen) atoms.